The van der Waals surface area contributed by atoms with Gasteiger partial charge in [0.1, 0.15) is 0 Å². The molecule has 2 atom stereocenters. The molecule has 4 N–H and O–H groups in total. The van der Waals surface area contributed by atoms with Crippen LogP contribution in [0, 0.1) is 5.92 Å². The topological polar surface area (TPSA) is 107 Å². The maximum Gasteiger partial charge on any atom is 0.330 e. The van der Waals surface area contributed by atoms with Crippen LogP contribution < -0.4 is 21.7 Å². The Kier molecular flexibility index (Phi) is 3.65. The fourth-order valence-corrected chi connectivity index (χ4v) is 2.66. The number of aliphatic carboxylic acids is 1. The molecule has 0 aromatic heterocycles. The van der Waals surface area contributed by atoms with Gasteiger partial charge < -0.3 is 21.1 Å². The molecule has 2 amide bonds. The lowest BCUT2D eigenvalue weighted by molar-refractivity contribution is -0.315. The molecule has 0 heterocycles. The monoisotopic (exact) mass is 274 g/mol. The number of carbonyl (C=O) groups is 2. The van der Waals surface area contributed by atoms with Crippen LogP contribution in [0.2, 0.25) is 0 Å². The molecule has 0 saturated heterocycles. The number of rotatable bonds is 4. The summed E-state index contributed by atoms with van der Waals surface area (Å²) in [4.78, 5) is 22.5. The van der Waals surface area contributed by atoms with Crippen molar-refractivity contribution in [1.29, 1.82) is 0 Å². The van der Waals surface area contributed by atoms with Crippen LogP contribution in [0.25, 0.3) is 0 Å². The van der Waals surface area contributed by atoms with Crippen molar-refractivity contribution in [2.45, 2.75) is 18.8 Å². The lowest BCUT2D eigenvalue weighted by Crippen LogP contribution is -2.50. The van der Waals surface area contributed by atoms with Gasteiger partial charge in [0.15, 0.2) is 0 Å². The van der Waals surface area contributed by atoms with Crippen molar-refractivity contribution < 1.29 is 14.7 Å². The molecular formula is C14H16N3O3-. The van der Waals surface area contributed by atoms with E-state index in [4.69, 9.17) is 5.73 Å². The van der Waals surface area contributed by atoms with Gasteiger partial charge >= 0.3 is 6.03 Å². The highest BCUT2D eigenvalue weighted by atomic mass is 16.4. The van der Waals surface area contributed by atoms with E-state index in [2.05, 4.69) is 10.9 Å². The van der Waals surface area contributed by atoms with Gasteiger partial charge in [-0.1, -0.05) is 43.3 Å². The van der Waals surface area contributed by atoms with Crippen molar-refractivity contribution in [3.8, 4) is 0 Å². The van der Waals surface area contributed by atoms with Crippen LogP contribution >= 0.6 is 0 Å². The minimum atomic E-state index is -1.14. The average Bonchev–Trinajstić information content (AvgIpc) is 2.75. The predicted octanol–water partition coefficient (Wildman–Crippen LogP) is -0.229. The molecule has 20 heavy (non-hydrogen) atoms. The minimum Gasteiger partial charge on any atom is -0.549 e. The number of nitrogens with two attached hydrogens (primary N) is 1. The molecule has 0 aliphatic heterocycles. The van der Waals surface area contributed by atoms with Gasteiger partial charge in [-0.3, -0.25) is 5.43 Å². The highest BCUT2D eigenvalue weighted by Crippen LogP contribution is 2.43. The van der Waals surface area contributed by atoms with Crippen molar-refractivity contribution in [2.24, 2.45) is 11.7 Å². The van der Waals surface area contributed by atoms with Crippen LogP contribution in [0.4, 0.5) is 4.79 Å². The second kappa shape index (κ2) is 5.24. The fraction of sp³-hybridized carbons (Fsp3) is 0.286. The van der Waals surface area contributed by atoms with Crippen molar-refractivity contribution in [1.82, 2.24) is 10.9 Å². The summed E-state index contributed by atoms with van der Waals surface area (Å²) in [5.41, 5.74) is 10.0. The van der Waals surface area contributed by atoms with Crippen molar-refractivity contribution >= 4 is 12.0 Å². The Bertz CT molecular complexity index is 556. The van der Waals surface area contributed by atoms with Gasteiger partial charge in [0.2, 0.25) is 0 Å². The van der Waals surface area contributed by atoms with E-state index in [0.717, 1.165) is 0 Å². The van der Waals surface area contributed by atoms with Crippen LogP contribution in [-0.4, -0.2) is 12.0 Å². The Labute approximate surface area is 116 Å². The first kappa shape index (κ1) is 13.9. The summed E-state index contributed by atoms with van der Waals surface area (Å²) >= 11 is 0. The van der Waals surface area contributed by atoms with E-state index in [0.29, 0.717) is 17.7 Å². The molecular weight excluding hydrogens is 258 g/mol. The number of hydrazine groups is 1. The Morgan fingerprint density at radius 2 is 2.00 bits per heavy atom. The standard InChI is InChI=1S/C14H17N3O3/c1-9-11(16-17-13(15)20)7-8-14(9,12(18)19)10-5-3-2-4-6-10/h2-7,9,16H,8H2,1H3,(H,18,19)(H3,15,17,20)/p-1/t9-,14+/m0/s1. The van der Waals surface area contributed by atoms with Gasteiger partial charge in [-0.2, -0.15) is 0 Å². The Balaban J connectivity index is 2.30. The smallest absolute Gasteiger partial charge is 0.330 e. The maximum atomic E-state index is 11.7. The number of hydrogen-bond donors (Lipinski definition) is 3. The third kappa shape index (κ3) is 2.20. The number of allylic oxidation sites excluding steroid dienone is 2. The first-order valence-electron chi connectivity index (χ1n) is 6.27. The van der Waals surface area contributed by atoms with E-state index in [-0.39, 0.29) is 5.92 Å². The second-order valence-electron chi connectivity index (χ2n) is 4.82. The van der Waals surface area contributed by atoms with Crippen LogP contribution in [-0.2, 0) is 10.2 Å². The van der Waals surface area contributed by atoms with E-state index in [9.17, 15) is 14.7 Å². The van der Waals surface area contributed by atoms with E-state index >= 15 is 0 Å². The van der Waals surface area contributed by atoms with Crippen LogP contribution in [0.5, 0.6) is 0 Å². The number of carboxylic acids is 1. The third-order valence-electron chi connectivity index (χ3n) is 3.83. The number of nitrogens with one attached hydrogen (secondary N) is 2. The normalized spacial score (nSPS) is 24.9. The first-order valence-corrected chi connectivity index (χ1v) is 6.27. The highest BCUT2D eigenvalue weighted by molar-refractivity contribution is 5.82. The van der Waals surface area contributed by atoms with Gasteiger partial charge in [-0.05, 0) is 12.0 Å². The Morgan fingerprint density at radius 3 is 2.55 bits per heavy atom. The number of primary amides is 1. The third-order valence-corrected chi connectivity index (χ3v) is 3.83. The molecule has 0 radical (unpaired) electrons. The summed E-state index contributed by atoms with van der Waals surface area (Å²) in [6.45, 7) is 1.78. The molecule has 1 aromatic carbocycles. The molecule has 0 bridgehead atoms. The SMILES string of the molecule is C[C@H]1C(NNC(N)=O)=CC[C@]1(C(=O)[O-])c1ccccc1. The zero-order chi connectivity index (χ0) is 14.8. The van der Waals surface area contributed by atoms with E-state index in [1.54, 1.807) is 37.3 Å². The molecule has 0 fully saturated rings. The van der Waals surface area contributed by atoms with Gasteiger partial charge in [0.25, 0.3) is 0 Å². The molecule has 1 aromatic rings. The summed E-state index contributed by atoms with van der Waals surface area (Å²) < 4.78 is 0. The molecule has 1 aliphatic rings. The van der Waals surface area contributed by atoms with Crippen LogP contribution in [0.15, 0.2) is 42.1 Å². The molecule has 0 spiro atoms. The van der Waals surface area contributed by atoms with Crippen molar-refractivity contribution in [3.05, 3.63) is 47.7 Å². The largest absolute Gasteiger partial charge is 0.549 e. The maximum absolute atomic E-state index is 11.7. The van der Waals surface area contributed by atoms with Crippen LogP contribution in [0.1, 0.15) is 18.9 Å². The zero-order valence-corrected chi connectivity index (χ0v) is 11.1. The number of carbonyl (C=O) groups excluding carboxylic acids is 2. The summed E-state index contributed by atoms with van der Waals surface area (Å²) in [6, 6.07) is 8.21. The zero-order valence-electron chi connectivity index (χ0n) is 11.1. The number of amides is 2. The van der Waals surface area contributed by atoms with E-state index in [1.807, 2.05) is 6.07 Å². The predicted molar refractivity (Wildman–Crippen MR) is 70.8 cm³/mol. The lowest BCUT2D eigenvalue weighted by atomic mass is 9.72. The number of hydrogen-bond acceptors (Lipinski definition) is 4. The summed E-state index contributed by atoms with van der Waals surface area (Å²) in [5.74, 6) is -1.51. The second-order valence-corrected chi connectivity index (χ2v) is 4.82. The van der Waals surface area contributed by atoms with Gasteiger partial charge in [-0.15, -0.1) is 0 Å². The minimum absolute atomic E-state index is 0.295. The lowest BCUT2D eigenvalue weighted by Gasteiger charge is -2.36. The first-order chi connectivity index (χ1) is 9.48. The Hall–Kier alpha value is -2.50. The molecule has 6 nitrogen and oxygen atoms in total. The Morgan fingerprint density at radius 1 is 1.35 bits per heavy atom. The quantitative estimate of drug-likeness (QED) is 0.659. The molecule has 2 rings (SSSR count). The van der Waals surface area contributed by atoms with E-state index in [1.165, 1.54) is 0 Å². The highest BCUT2D eigenvalue weighted by Gasteiger charge is 2.44. The van der Waals surface area contributed by atoms with Gasteiger partial charge in [0.05, 0.1) is 5.97 Å². The molecule has 0 saturated carbocycles. The molecule has 1 aliphatic carbocycles. The van der Waals surface area contributed by atoms with Crippen molar-refractivity contribution in [3.63, 3.8) is 0 Å². The fourth-order valence-electron chi connectivity index (χ4n) is 2.66. The summed E-state index contributed by atoms with van der Waals surface area (Å²) in [6.07, 6.45) is 2.03. The summed E-state index contributed by atoms with van der Waals surface area (Å²) in [7, 11) is 0. The number of benzene rings is 1. The molecule has 106 valence electrons. The van der Waals surface area contributed by atoms with Crippen LogP contribution in [0.3, 0.4) is 0 Å². The van der Waals surface area contributed by atoms with Crippen molar-refractivity contribution in [2.75, 3.05) is 0 Å². The number of urea groups is 1. The molecule has 0 unspecified atom stereocenters. The van der Waals surface area contributed by atoms with E-state index < -0.39 is 17.4 Å². The van der Waals surface area contributed by atoms with Gasteiger partial charge in [0, 0.05) is 17.0 Å². The van der Waals surface area contributed by atoms with Gasteiger partial charge in [-0.25, -0.2) is 4.79 Å². The molecule has 6 heteroatoms. The summed E-state index contributed by atoms with van der Waals surface area (Å²) in [5, 5.41) is 11.7. The number of carboxylic acid groups (broad SMARTS) is 1. The average molecular weight is 274 g/mol.